The maximum absolute atomic E-state index is 12.9. The maximum atomic E-state index is 12.9. The van der Waals surface area contributed by atoms with Crippen LogP contribution in [-0.2, 0) is 21.4 Å². The topological polar surface area (TPSA) is 84.0 Å². The van der Waals surface area contributed by atoms with Gasteiger partial charge >= 0.3 is 5.97 Å². The van der Waals surface area contributed by atoms with E-state index in [0.29, 0.717) is 6.42 Å². The highest BCUT2D eigenvalue weighted by molar-refractivity contribution is 6.22. The molecule has 192 valence electrons. The average molecular weight is 509 g/mol. The second-order valence-electron chi connectivity index (χ2n) is 10.0. The van der Waals surface area contributed by atoms with Gasteiger partial charge in [-0.25, -0.2) is 4.79 Å². The Morgan fingerprint density at radius 2 is 1.58 bits per heavy atom. The van der Waals surface area contributed by atoms with Gasteiger partial charge in [-0.2, -0.15) is 0 Å². The zero-order chi connectivity index (χ0) is 27.0. The third kappa shape index (κ3) is 4.41. The van der Waals surface area contributed by atoms with Crippen molar-refractivity contribution in [2.24, 2.45) is 0 Å². The summed E-state index contributed by atoms with van der Waals surface area (Å²) in [7, 11) is 1.91. The van der Waals surface area contributed by atoms with Crippen LogP contribution < -0.4 is 4.90 Å². The molecule has 2 amide bonds. The van der Waals surface area contributed by atoms with Gasteiger partial charge in [0.15, 0.2) is 12.4 Å². The van der Waals surface area contributed by atoms with Gasteiger partial charge in [0.1, 0.15) is 0 Å². The Morgan fingerprint density at radius 3 is 2.32 bits per heavy atom. The minimum Gasteiger partial charge on any atom is -0.454 e. The van der Waals surface area contributed by atoms with Crippen molar-refractivity contribution >= 4 is 29.3 Å². The summed E-state index contributed by atoms with van der Waals surface area (Å²) in [5.74, 6) is -1.90. The molecular formula is C31H28N2O5. The zero-order valence-electron chi connectivity index (χ0n) is 21.6. The number of allylic oxidation sites excluding steroid dienone is 1. The molecule has 0 radical (unpaired) electrons. The van der Waals surface area contributed by atoms with E-state index in [-0.39, 0.29) is 40.3 Å². The summed E-state index contributed by atoms with van der Waals surface area (Å²) in [6.07, 6.45) is 2.05. The number of esters is 1. The van der Waals surface area contributed by atoms with Gasteiger partial charge < -0.3 is 9.64 Å². The number of ketones is 1. The van der Waals surface area contributed by atoms with Gasteiger partial charge in [0.2, 0.25) is 0 Å². The molecule has 0 bridgehead atoms. The lowest BCUT2D eigenvalue weighted by molar-refractivity contribution is -0.117. The number of imide groups is 1. The van der Waals surface area contributed by atoms with Gasteiger partial charge in [-0.3, -0.25) is 19.3 Å². The first-order valence-electron chi connectivity index (χ1n) is 12.5. The fourth-order valence-electron chi connectivity index (χ4n) is 5.18. The fourth-order valence-corrected chi connectivity index (χ4v) is 5.18. The zero-order valence-corrected chi connectivity index (χ0v) is 21.6. The molecule has 0 aromatic heterocycles. The van der Waals surface area contributed by atoms with E-state index < -0.39 is 18.5 Å². The Hall–Kier alpha value is -4.52. The van der Waals surface area contributed by atoms with Crippen LogP contribution in [0.15, 0.2) is 84.6 Å². The Morgan fingerprint density at radius 1 is 0.895 bits per heavy atom. The van der Waals surface area contributed by atoms with Crippen molar-refractivity contribution in [1.29, 1.82) is 0 Å². The number of hydrogen-bond acceptors (Lipinski definition) is 6. The van der Waals surface area contributed by atoms with Gasteiger partial charge in [-0.1, -0.05) is 62.4 Å². The molecule has 3 aromatic rings. The minimum atomic E-state index is -0.732. The molecule has 3 aromatic carbocycles. The monoisotopic (exact) mass is 508 g/mol. The highest BCUT2D eigenvalue weighted by Gasteiger charge is 2.39. The Balaban J connectivity index is 1.24. The molecule has 0 fully saturated rings. The molecular weight excluding hydrogens is 480 g/mol. The van der Waals surface area contributed by atoms with Crippen LogP contribution in [-0.4, -0.2) is 48.7 Å². The Bertz CT molecular complexity index is 1490. The molecule has 0 saturated carbocycles. The second kappa shape index (κ2) is 9.74. The number of hydrogen-bond donors (Lipinski definition) is 0. The summed E-state index contributed by atoms with van der Waals surface area (Å²) in [5, 5.41) is 0. The minimum absolute atomic E-state index is 0.112. The van der Waals surface area contributed by atoms with Crippen LogP contribution in [0.25, 0.3) is 0 Å². The number of nitrogens with zero attached hydrogens (tertiary/aromatic N) is 2. The van der Waals surface area contributed by atoms with E-state index in [1.54, 1.807) is 0 Å². The van der Waals surface area contributed by atoms with Crippen molar-refractivity contribution in [2.45, 2.75) is 25.7 Å². The van der Waals surface area contributed by atoms with E-state index in [4.69, 9.17) is 4.74 Å². The molecule has 2 heterocycles. The van der Waals surface area contributed by atoms with Crippen molar-refractivity contribution in [3.63, 3.8) is 0 Å². The number of benzene rings is 3. The number of rotatable bonds is 7. The van der Waals surface area contributed by atoms with E-state index >= 15 is 0 Å². The molecule has 0 spiro atoms. The number of likely N-dealkylation sites (N-methyl/N-ethyl adjacent to an activating group) is 1. The van der Waals surface area contributed by atoms with Crippen molar-refractivity contribution in [2.75, 3.05) is 25.1 Å². The van der Waals surface area contributed by atoms with E-state index in [9.17, 15) is 19.2 Å². The van der Waals surface area contributed by atoms with Crippen molar-refractivity contribution in [3.8, 4) is 0 Å². The average Bonchev–Trinajstić information content (AvgIpc) is 3.28. The van der Waals surface area contributed by atoms with Crippen molar-refractivity contribution in [3.05, 3.63) is 112 Å². The first kappa shape index (κ1) is 25.1. The number of carbonyl (C=O) groups is 4. The highest BCUT2D eigenvalue weighted by atomic mass is 16.5. The van der Waals surface area contributed by atoms with E-state index in [1.807, 2.05) is 80.4 Å². The summed E-state index contributed by atoms with van der Waals surface area (Å²) in [5.41, 5.74) is 4.15. The van der Waals surface area contributed by atoms with Crippen LogP contribution in [0, 0.1) is 0 Å². The first-order valence-corrected chi connectivity index (χ1v) is 12.5. The lowest BCUT2D eigenvalue weighted by Gasteiger charge is -2.23. The van der Waals surface area contributed by atoms with Crippen LogP contribution in [0.2, 0.25) is 0 Å². The van der Waals surface area contributed by atoms with Crippen LogP contribution in [0.1, 0.15) is 56.0 Å². The molecule has 0 aliphatic carbocycles. The molecule has 7 nitrogen and oxygen atoms in total. The van der Waals surface area contributed by atoms with Crippen LogP contribution in [0.5, 0.6) is 0 Å². The third-order valence-corrected chi connectivity index (χ3v) is 7.26. The van der Waals surface area contributed by atoms with Gasteiger partial charge in [-0.05, 0) is 41.8 Å². The van der Waals surface area contributed by atoms with Crippen LogP contribution in [0.4, 0.5) is 5.69 Å². The molecule has 5 rings (SSSR count). The predicted octanol–water partition coefficient (Wildman–Crippen LogP) is 4.56. The molecule has 2 aliphatic heterocycles. The standard InChI is InChI=1S/C31H28N2O5/c1-31(2)25-11-7-8-12-26(25)32(3)27(31)18-22(34)19-38-30(37)21-13-14-23-24(17-21)29(36)33(28(23)35)16-15-20-9-5-4-6-10-20/h4-14,17-18H,15-16,19H2,1-3H3. The third-order valence-electron chi connectivity index (χ3n) is 7.26. The number of amides is 2. The highest BCUT2D eigenvalue weighted by Crippen LogP contribution is 2.46. The molecule has 2 aliphatic rings. The predicted molar refractivity (Wildman–Crippen MR) is 143 cm³/mol. The largest absolute Gasteiger partial charge is 0.454 e. The van der Waals surface area contributed by atoms with Gasteiger partial charge in [0.25, 0.3) is 11.8 Å². The summed E-state index contributed by atoms with van der Waals surface area (Å²) in [6.45, 7) is 3.91. The number of ether oxygens (including phenoxy) is 1. The van der Waals surface area contributed by atoms with E-state index in [0.717, 1.165) is 22.5 Å². The molecule has 7 heteroatoms. The van der Waals surface area contributed by atoms with Crippen molar-refractivity contribution < 1.29 is 23.9 Å². The summed E-state index contributed by atoms with van der Waals surface area (Å²) >= 11 is 0. The summed E-state index contributed by atoms with van der Waals surface area (Å²) < 4.78 is 5.27. The lowest BCUT2D eigenvalue weighted by atomic mass is 9.83. The number of para-hydroxylation sites is 1. The van der Waals surface area contributed by atoms with Crippen molar-refractivity contribution in [1.82, 2.24) is 4.90 Å². The van der Waals surface area contributed by atoms with Crippen LogP contribution in [0.3, 0.4) is 0 Å². The molecule has 38 heavy (non-hydrogen) atoms. The number of anilines is 1. The maximum Gasteiger partial charge on any atom is 0.338 e. The first-order chi connectivity index (χ1) is 18.2. The second-order valence-corrected chi connectivity index (χ2v) is 10.0. The van der Waals surface area contributed by atoms with E-state index in [1.165, 1.54) is 29.2 Å². The van der Waals surface area contributed by atoms with Gasteiger partial charge in [0.05, 0.1) is 16.7 Å². The number of fused-ring (bicyclic) bond motifs is 2. The van der Waals surface area contributed by atoms with Gasteiger partial charge in [0, 0.05) is 36.5 Å². The molecule has 0 N–H and O–H groups in total. The number of carbonyl (C=O) groups excluding carboxylic acids is 4. The molecule has 0 unspecified atom stereocenters. The lowest BCUT2D eigenvalue weighted by Crippen LogP contribution is -2.31. The quantitative estimate of drug-likeness (QED) is 0.264. The van der Waals surface area contributed by atoms with Crippen LogP contribution >= 0.6 is 0 Å². The van der Waals surface area contributed by atoms with E-state index in [2.05, 4.69) is 0 Å². The summed E-state index contributed by atoms with van der Waals surface area (Å²) in [4.78, 5) is 54.4. The Labute approximate surface area is 221 Å². The van der Waals surface area contributed by atoms with Gasteiger partial charge in [-0.15, -0.1) is 0 Å². The SMILES string of the molecule is CN1C(=CC(=O)COC(=O)c2ccc3c(c2)C(=O)N(CCc2ccccc2)C3=O)C(C)(C)c2ccccc21. The molecule has 0 saturated heterocycles. The molecule has 0 atom stereocenters. The summed E-state index contributed by atoms with van der Waals surface area (Å²) in [6, 6.07) is 21.8. The fraction of sp³-hybridized carbons (Fsp3) is 0.226. The smallest absolute Gasteiger partial charge is 0.338 e. The Kier molecular flexibility index (Phi) is 6.45. The normalized spacial score (nSPS) is 16.6.